The molecule has 1 aromatic carbocycles. The standard InChI is InChI=1S/C14H20BrN3O3/c1-4-17-14(20)18-13(19)9(3)21-12-7-10(15)5-6-11(12)8(2)16/h5-9H,4,16H2,1-3H3,(H2,17,18,19,20). The van der Waals surface area contributed by atoms with Gasteiger partial charge in [0, 0.05) is 22.6 Å². The fourth-order valence-corrected chi connectivity index (χ4v) is 1.99. The Morgan fingerprint density at radius 1 is 1.38 bits per heavy atom. The second-order valence-electron chi connectivity index (χ2n) is 4.58. The van der Waals surface area contributed by atoms with Crippen molar-refractivity contribution >= 4 is 27.9 Å². The summed E-state index contributed by atoms with van der Waals surface area (Å²) in [5.74, 6) is -0.00512. The summed E-state index contributed by atoms with van der Waals surface area (Å²) in [7, 11) is 0. The van der Waals surface area contributed by atoms with Crippen molar-refractivity contribution in [3.8, 4) is 5.75 Å². The first kappa shape index (κ1) is 17.5. The Morgan fingerprint density at radius 2 is 2.05 bits per heavy atom. The molecule has 0 radical (unpaired) electrons. The summed E-state index contributed by atoms with van der Waals surface area (Å²) in [6, 6.07) is 4.66. The number of halogens is 1. The van der Waals surface area contributed by atoms with Gasteiger partial charge in [-0.1, -0.05) is 22.0 Å². The Kier molecular flexibility index (Phi) is 6.64. The molecule has 0 heterocycles. The smallest absolute Gasteiger partial charge is 0.321 e. The molecular weight excluding hydrogens is 338 g/mol. The van der Waals surface area contributed by atoms with Gasteiger partial charge in [0.1, 0.15) is 5.75 Å². The average molecular weight is 358 g/mol. The Hall–Kier alpha value is -1.60. The number of rotatable bonds is 5. The maximum absolute atomic E-state index is 11.9. The maximum atomic E-state index is 11.9. The molecule has 4 N–H and O–H groups in total. The third kappa shape index (κ3) is 5.35. The molecule has 1 aromatic rings. The van der Waals surface area contributed by atoms with Crippen molar-refractivity contribution in [3.63, 3.8) is 0 Å². The van der Waals surface area contributed by atoms with Gasteiger partial charge in [-0.05, 0) is 32.9 Å². The number of hydrogen-bond acceptors (Lipinski definition) is 4. The number of nitrogens with two attached hydrogens (primary N) is 1. The molecule has 0 fully saturated rings. The van der Waals surface area contributed by atoms with Gasteiger partial charge in [-0.15, -0.1) is 0 Å². The fraction of sp³-hybridized carbons (Fsp3) is 0.429. The number of ether oxygens (including phenoxy) is 1. The highest BCUT2D eigenvalue weighted by Crippen LogP contribution is 2.28. The summed E-state index contributed by atoms with van der Waals surface area (Å²) < 4.78 is 6.44. The van der Waals surface area contributed by atoms with Crippen molar-refractivity contribution in [3.05, 3.63) is 28.2 Å². The minimum absolute atomic E-state index is 0.230. The van der Waals surface area contributed by atoms with Crippen LogP contribution in [0.5, 0.6) is 5.75 Å². The van der Waals surface area contributed by atoms with Crippen LogP contribution in [-0.4, -0.2) is 24.6 Å². The monoisotopic (exact) mass is 357 g/mol. The van der Waals surface area contributed by atoms with Gasteiger partial charge in [0.15, 0.2) is 6.10 Å². The zero-order valence-electron chi connectivity index (χ0n) is 12.3. The largest absolute Gasteiger partial charge is 0.480 e. The molecule has 0 aliphatic heterocycles. The molecule has 0 aromatic heterocycles. The van der Waals surface area contributed by atoms with E-state index in [0.29, 0.717) is 12.3 Å². The molecule has 0 saturated heterocycles. The van der Waals surface area contributed by atoms with E-state index < -0.39 is 18.0 Å². The number of benzene rings is 1. The van der Waals surface area contributed by atoms with Crippen molar-refractivity contribution < 1.29 is 14.3 Å². The highest BCUT2D eigenvalue weighted by molar-refractivity contribution is 9.10. The second-order valence-corrected chi connectivity index (χ2v) is 5.50. The van der Waals surface area contributed by atoms with E-state index in [1.54, 1.807) is 19.9 Å². The maximum Gasteiger partial charge on any atom is 0.321 e. The summed E-state index contributed by atoms with van der Waals surface area (Å²) in [6.07, 6.45) is -0.820. The van der Waals surface area contributed by atoms with E-state index in [1.807, 2.05) is 19.1 Å². The first-order chi connectivity index (χ1) is 9.85. The highest BCUT2D eigenvalue weighted by Gasteiger charge is 2.19. The van der Waals surface area contributed by atoms with E-state index in [4.69, 9.17) is 10.5 Å². The van der Waals surface area contributed by atoms with Crippen molar-refractivity contribution in [2.24, 2.45) is 5.73 Å². The lowest BCUT2D eigenvalue weighted by Gasteiger charge is -2.18. The molecule has 3 amide bonds. The molecule has 2 unspecified atom stereocenters. The van der Waals surface area contributed by atoms with Crippen LogP contribution >= 0.6 is 15.9 Å². The van der Waals surface area contributed by atoms with E-state index >= 15 is 0 Å². The molecule has 21 heavy (non-hydrogen) atoms. The van der Waals surface area contributed by atoms with Crippen LogP contribution < -0.4 is 21.1 Å². The molecule has 7 heteroatoms. The molecule has 1 rings (SSSR count). The average Bonchev–Trinajstić information content (AvgIpc) is 2.38. The summed E-state index contributed by atoms with van der Waals surface area (Å²) in [5.41, 5.74) is 6.66. The molecule has 2 atom stereocenters. The highest BCUT2D eigenvalue weighted by atomic mass is 79.9. The van der Waals surface area contributed by atoms with E-state index in [-0.39, 0.29) is 6.04 Å². The van der Waals surface area contributed by atoms with Crippen LogP contribution in [0.15, 0.2) is 22.7 Å². The minimum Gasteiger partial charge on any atom is -0.480 e. The van der Waals surface area contributed by atoms with E-state index in [0.717, 1.165) is 10.0 Å². The van der Waals surface area contributed by atoms with Gasteiger partial charge in [-0.3, -0.25) is 10.1 Å². The van der Waals surface area contributed by atoms with Gasteiger partial charge < -0.3 is 15.8 Å². The lowest BCUT2D eigenvalue weighted by molar-refractivity contribution is -0.126. The predicted octanol–water partition coefficient (Wildman–Crippen LogP) is 2.08. The normalized spacial score (nSPS) is 13.2. The number of imide groups is 1. The fourth-order valence-electron chi connectivity index (χ4n) is 1.65. The van der Waals surface area contributed by atoms with Gasteiger partial charge in [-0.2, -0.15) is 0 Å². The van der Waals surface area contributed by atoms with E-state index in [9.17, 15) is 9.59 Å². The molecular formula is C14H20BrN3O3. The van der Waals surface area contributed by atoms with Crippen LogP contribution in [0.2, 0.25) is 0 Å². The summed E-state index contributed by atoms with van der Waals surface area (Å²) >= 11 is 3.35. The first-order valence-corrected chi connectivity index (χ1v) is 7.44. The third-order valence-electron chi connectivity index (χ3n) is 2.71. The van der Waals surface area contributed by atoms with Crippen molar-refractivity contribution in [2.75, 3.05) is 6.54 Å². The Bertz CT molecular complexity index is 520. The lowest BCUT2D eigenvalue weighted by Crippen LogP contribution is -2.45. The quantitative estimate of drug-likeness (QED) is 0.751. The summed E-state index contributed by atoms with van der Waals surface area (Å²) in [4.78, 5) is 23.2. The number of carbonyl (C=O) groups excluding carboxylic acids is 2. The number of urea groups is 1. The van der Waals surface area contributed by atoms with Gasteiger partial charge >= 0.3 is 6.03 Å². The van der Waals surface area contributed by atoms with Crippen molar-refractivity contribution in [1.82, 2.24) is 10.6 Å². The van der Waals surface area contributed by atoms with Crippen molar-refractivity contribution in [1.29, 1.82) is 0 Å². The van der Waals surface area contributed by atoms with Crippen molar-refractivity contribution in [2.45, 2.75) is 32.9 Å². The van der Waals surface area contributed by atoms with Crippen LogP contribution in [0, 0.1) is 0 Å². The number of nitrogens with one attached hydrogen (secondary N) is 2. The molecule has 0 bridgehead atoms. The molecule has 0 aliphatic carbocycles. The first-order valence-electron chi connectivity index (χ1n) is 6.65. The van der Waals surface area contributed by atoms with Crippen LogP contribution in [0.4, 0.5) is 4.79 Å². The van der Waals surface area contributed by atoms with Gasteiger partial charge in [-0.25, -0.2) is 4.79 Å². The summed E-state index contributed by atoms with van der Waals surface area (Å²) in [6.45, 7) is 5.60. The Labute approximate surface area is 132 Å². The topological polar surface area (TPSA) is 93.5 Å². The summed E-state index contributed by atoms with van der Waals surface area (Å²) in [5, 5.41) is 4.69. The molecule has 0 saturated carbocycles. The molecule has 6 nitrogen and oxygen atoms in total. The minimum atomic E-state index is -0.820. The SMILES string of the molecule is CCNC(=O)NC(=O)C(C)Oc1cc(Br)ccc1C(C)N. The van der Waals surface area contributed by atoms with Crippen LogP contribution in [-0.2, 0) is 4.79 Å². The van der Waals surface area contributed by atoms with E-state index in [1.165, 1.54) is 0 Å². The van der Waals surface area contributed by atoms with Gasteiger partial charge in [0.05, 0.1) is 0 Å². The molecule has 116 valence electrons. The van der Waals surface area contributed by atoms with Gasteiger partial charge in [0.2, 0.25) is 0 Å². The number of amides is 3. The third-order valence-corrected chi connectivity index (χ3v) is 3.21. The Morgan fingerprint density at radius 3 is 2.62 bits per heavy atom. The number of carbonyl (C=O) groups is 2. The number of hydrogen-bond donors (Lipinski definition) is 3. The zero-order valence-corrected chi connectivity index (χ0v) is 13.9. The molecule has 0 spiro atoms. The van der Waals surface area contributed by atoms with Crippen LogP contribution in [0.1, 0.15) is 32.4 Å². The molecule has 0 aliphatic rings. The van der Waals surface area contributed by atoms with Crippen LogP contribution in [0.3, 0.4) is 0 Å². The Balaban J connectivity index is 2.78. The van der Waals surface area contributed by atoms with Gasteiger partial charge in [0.25, 0.3) is 5.91 Å². The zero-order chi connectivity index (χ0) is 16.0. The second kappa shape index (κ2) is 7.99. The lowest BCUT2D eigenvalue weighted by atomic mass is 10.1. The van der Waals surface area contributed by atoms with Crippen LogP contribution in [0.25, 0.3) is 0 Å². The predicted molar refractivity (Wildman–Crippen MR) is 84.0 cm³/mol. The van der Waals surface area contributed by atoms with E-state index in [2.05, 4.69) is 26.6 Å².